The molecule has 0 N–H and O–H groups in total. The van der Waals surface area contributed by atoms with E-state index >= 15 is 0 Å². The second kappa shape index (κ2) is 8.79. The molecule has 0 aliphatic heterocycles. The van der Waals surface area contributed by atoms with Crippen molar-refractivity contribution in [2.24, 2.45) is 5.92 Å². The van der Waals surface area contributed by atoms with E-state index in [0.717, 1.165) is 48.8 Å². The standard InChI is InChI=1S/C16H22BrN3O3S/c1-20(16-18-11-14(17)12-19-16)15-8-6-13(7-9-15)5-3-4-10-23-24(2,21)22/h11-13,15H,5-10H2,1-2H3/t13-,15-. The summed E-state index contributed by atoms with van der Waals surface area (Å²) in [5.41, 5.74) is 0. The van der Waals surface area contributed by atoms with E-state index < -0.39 is 10.1 Å². The Labute approximate surface area is 152 Å². The number of aromatic nitrogens is 2. The minimum atomic E-state index is -3.40. The molecule has 1 fully saturated rings. The van der Waals surface area contributed by atoms with E-state index in [1.54, 1.807) is 12.4 Å². The zero-order chi connectivity index (χ0) is 17.6. The van der Waals surface area contributed by atoms with Crippen LogP contribution in [0.25, 0.3) is 0 Å². The van der Waals surface area contributed by atoms with Gasteiger partial charge in [-0.2, -0.15) is 8.42 Å². The van der Waals surface area contributed by atoms with Gasteiger partial charge in [0.05, 0.1) is 10.7 Å². The SMILES string of the molecule is CN(c1ncc(Br)cn1)[C@H]1CC[C@H](CC#CCOS(C)(=O)=O)CC1. The highest BCUT2D eigenvalue weighted by Crippen LogP contribution is 2.30. The second-order valence-corrected chi connectivity index (χ2v) is 8.57. The molecular weight excluding hydrogens is 394 g/mol. The van der Waals surface area contributed by atoms with Crippen molar-refractivity contribution in [3.8, 4) is 11.8 Å². The predicted molar refractivity (Wildman–Crippen MR) is 97.1 cm³/mol. The number of hydrogen-bond acceptors (Lipinski definition) is 6. The average Bonchev–Trinajstić information content (AvgIpc) is 2.54. The highest BCUT2D eigenvalue weighted by Gasteiger charge is 2.24. The lowest BCUT2D eigenvalue weighted by Crippen LogP contribution is -2.36. The molecule has 0 unspecified atom stereocenters. The summed E-state index contributed by atoms with van der Waals surface area (Å²) in [7, 11) is -1.36. The van der Waals surface area contributed by atoms with Crippen molar-refractivity contribution < 1.29 is 12.6 Å². The Morgan fingerprint density at radius 2 is 1.88 bits per heavy atom. The van der Waals surface area contributed by atoms with Gasteiger partial charge >= 0.3 is 0 Å². The van der Waals surface area contributed by atoms with Gasteiger partial charge in [0.1, 0.15) is 6.61 Å². The Kier molecular flexibility index (Phi) is 7.02. The zero-order valence-corrected chi connectivity index (χ0v) is 16.3. The number of rotatable bonds is 5. The average molecular weight is 416 g/mol. The van der Waals surface area contributed by atoms with Crippen molar-refractivity contribution in [3.63, 3.8) is 0 Å². The monoisotopic (exact) mass is 415 g/mol. The largest absolute Gasteiger partial charge is 0.341 e. The van der Waals surface area contributed by atoms with Gasteiger partial charge in [0, 0.05) is 31.9 Å². The fraction of sp³-hybridized carbons (Fsp3) is 0.625. The van der Waals surface area contributed by atoms with E-state index in [9.17, 15) is 8.42 Å². The molecule has 1 saturated carbocycles. The van der Waals surface area contributed by atoms with E-state index in [1.807, 2.05) is 7.05 Å². The van der Waals surface area contributed by atoms with E-state index in [4.69, 9.17) is 0 Å². The van der Waals surface area contributed by atoms with Crippen molar-refractivity contribution in [2.75, 3.05) is 24.8 Å². The molecule has 1 aliphatic rings. The lowest BCUT2D eigenvalue weighted by molar-refractivity contribution is 0.323. The first-order chi connectivity index (χ1) is 11.3. The van der Waals surface area contributed by atoms with Crippen LogP contribution in [0.3, 0.4) is 0 Å². The van der Waals surface area contributed by atoms with Crippen molar-refractivity contribution in [1.82, 2.24) is 9.97 Å². The molecule has 1 aromatic heterocycles. The molecular formula is C16H22BrN3O3S. The molecule has 24 heavy (non-hydrogen) atoms. The fourth-order valence-electron chi connectivity index (χ4n) is 2.79. The van der Waals surface area contributed by atoms with Gasteiger partial charge in [-0.05, 0) is 47.5 Å². The van der Waals surface area contributed by atoms with Gasteiger partial charge in [0.25, 0.3) is 10.1 Å². The summed E-state index contributed by atoms with van der Waals surface area (Å²) in [6, 6.07) is 0.448. The summed E-state index contributed by atoms with van der Waals surface area (Å²) in [5.74, 6) is 7.11. The third-order valence-corrected chi connectivity index (χ3v) is 5.10. The zero-order valence-electron chi connectivity index (χ0n) is 13.9. The Morgan fingerprint density at radius 3 is 2.46 bits per heavy atom. The van der Waals surface area contributed by atoms with Crippen LogP contribution in [-0.4, -0.2) is 44.3 Å². The quantitative estimate of drug-likeness (QED) is 0.543. The third kappa shape index (κ3) is 6.38. The second-order valence-electron chi connectivity index (χ2n) is 6.01. The smallest absolute Gasteiger partial charge is 0.265 e. The van der Waals surface area contributed by atoms with Crippen molar-refractivity contribution in [3.05, 3.63) is 16.9 Å². The van der Waals surface area contributed by atoms with E-state index in [0.29, 0.717) is 12.0 Å². The normalized spacial score (nSPS) is 21.0. The maximum atomic E-state index is 10.8. The molecule has 0 amide bonds. The maximum absolute atomic E-state index is 10.8. The first-order valence-corrected chi connectivity index (χ1v) is 10.5. The molecule has 1 aromatic rings. The summed E-state index contributed by atoms with van der Waals surface area (Å²) < 4.78 is 27.1. The van der Waals surface area contributed by atoms with Crippen LogP contribution in [0, 0.1) is 17.8 Å². The topological polar surface area (TPSA) is 72.4 Å². The lowest BCUT2D eigenvalue weighted by Gasteiger charge is -2.34. The molecule has 0 spiro atoms. The molecule has 1 aliphatic carbocycles. The first kappa shape index (κ1) is 19.2. The van der Waals surface area contributed by atoms with Gasteiger partial charge in [-0.1, -0.05) is 5.92 Å². The molecule has 132 valence electrons. The summed E-state index contributed by atoms with van der Waals surface area (Å²) in [5, 5.41) is 0. The Balaban J connectivity index is 1.75. The van der Waals surface area contributed by atoms with Crippen LogP contribution in [0.1, 0.15) is 32.1 Å². The van der Waals surface area contributed by atoms with Crippen LogP contribution in [-0.2, 0) is 14.3 Å². The van der Waals surface area contributed by atoms with Gasteiger partial charge in [-0.15, -0.1) is 5.92 Å². The van der Waals surface area contributed by atoms with Gasteiger partial charge in [-0.3, -0.25) is 4.18 Å². The third-order valence-electron chi connectivity index (χ3n) is 4.15. The molecule has 0 radical (unpaired) electrons. The van der Waals surface area contributed by atoms with Crippen molar-refractivity contribution >= 4 is 32.0 Å². The molecule has 8 heteroatoms. The summed E-state index contributed by atoms with van der Waals surface area (Å²) >= 11 is 3.35. The lowest BCUT2D eigenvalue weighted by atomic mass is 9.84. The number of halogens is 1. The van der Waals surface area contributed by atoms with Crippen LogP contribution in [0.4, 0.5) is 5.95 Å². The maximum Gasteiger partial charge on any atom is 0.265 e. The molecule has 0 saturated heterocycles. The minimum absolute atomic E-state index is 0.0577. The van der Waals surface area contributed by atoms with Gasteiger partial charge in [0.15, 0.2) is 0 Å². The first-order valence-electron chi connectivity index (χ1n) is 7.85. The van der Waals surface area contributed by atoms with Crippen molar-refractivity contribution in [2.45, 2.75) is 38.1 Å². The molecule has 6 nitrogen and oxygen atoms in total. The molecule has 2 rings (SSSR count). The number of nitrogens with zero attached hydrogens (tertiary/aromatic N) is 3. The van der Waals surface area contributed by atoms with E-state index in [-0.39, 0.29) is 6.61 Å². The Morgan fingerprint density at radius 1 is 1.25 bits per heavy atom. The van der Waals surface area contributed by atoms with Crippen LogP contribution >= 0.6 is 15.9 Å². The van der Waals surface area contributed by atoms with Gasteiger partial charge in [-0.25, -0.2) is 9.97 Å². The van der Waals surface area contributed by atoms with Gasteiger partial charge in [0.2, 0.25) is 5.95 Å². The fourth-order valence-corrected chi connectivity index (χ4v) is 3.27. The molecule has 0 bridgehead atoms. The Hall–Kier alpha value is -1.17. The molecule has 1 heterocycles. The molecule has 0 aromatic carbocycles. The highest BCUT2D eigenvalue weighted by atomic mass is 79.9. The summed E-state index contributed by atoms with van der Waals surface area (Å²) in [4.78, 5) is 10.8. The van der Waals surface area contributed by atoms with Crippen LogP contribution in [0.15, 0.2) is 16.9 Å². The van der Waals surface area contributed by atoms with E-state index in [1.165, 1.54) is 0 Å². The van der Waals surface area contributed by atoms with Gasteiger partial charge < -0.3 is 4.90 Å². The van der Waals surface area contributed by atoms with Crippen LogP contribution in [0.5, 0.6) is 0 Å². The Bertz CT molecular complexity index is 690. The van der Waals surface area contributed by atoms with Crippen LogP contribution < -0.4 is 4.90 Å². The molecule has 0 atom stereocenters. The van der Waals surface area contributed by atoms with Crippen LogP contribution in [0.2, 0.25) is 0 Å². The minimum Gasteiger partial charge on any atom is -0.341 e. The van der Waals surface area contributed by atoms with E-state index in [2.05, 4.69) is 46.8 Å². The van der Waals surface area contributed by atoms with Crippen molar-refractivity contribution in [1.29, 1.82) is 0 Å². The number of hydrogen-bond donors (Lipinski definition) is 0. The highest BCUT2D eigenvalue weighted by molar-refractivity contribution is 9.10. The number of anilines is 1. The summed E-state index contributed by atoms with van der Waals surface area (Å²) in [6.45, 7) is -0.0577. The summed E-state index contributed by atoms with van der Waals surface area (Å²) in [6.07, 6.45) is 9.72. The predicted octanol–water partition coefficient (Wildman–Crippen LogP) is 2.60.